The zero-order valence-corrected chi connectivity index (χ0v) is 10.5. The van der Waals surface area contributed by atoms with Crippen molar-refractivity contribution in [2.75, 3.05) is 11.9 Å². The first kappa shape index (κ1) is 12.4. The molecular formula is C14H12ClN3. The summed E-state index contributed by atoms with van der Waals surface area (Å²) in [6, 6.07) is 11.3. The van der Waals surface area contributed by atoms with E-state index in [2.05, 4.69) is 10.3 Å². The van der Waals surface area contributed by atoms with Crippen molar-refractivity contribution in [3.63, 3.8) is 0 Å². The van der Waals surface area contributed by atoms with Crippen molar-refractivity contribution in [1.29, 1.82) is 5.26 Å². The lowest BCUT2D eigenvalue weighted by Crippen LogP contribution is -2.05. The van der Waals surface area contributed by atoms with Crippen molar-refractivity contribution in [3.05, 3.63) is 58.9 Å². The first-order valence-electron chi connectivity index (χ1n) is 5.62. The standard InChI is InChI=1S/C14H12ClN3/c15-14-8-13(4-3-12(14)9-16)18-7-5-11-2-1-6-17-10-11/h1-4,6,8,10,18H,5,7H2. The Kier molecular flexibility index (Phi) is 4.16. The molecule has 0 radical (unpaired) electrons. The highest BCUT2D eigenvalue weighted by atomic mass is 35.5. The monoisotopic (exact) mass is 257 g/mol. The molecule has 0 atom stereocenters. The lowest BCUT2D eigenvalue weighted by atomic mass is 10.2. The Balaban J connectivity index is 1.91. The highest BCUT2D eigenvalue weighted by Crippen LogP contribution is 2.20. The molecule has 2 rings (SSSR count). The Hall–Kier alpha value is -2.05. The number of hydrogen-bond donors (Lipinski definition) is 1. The fourth-order valence-electron chi connectivity index (χ4n) is 1.61. The Bertz CT molecular complexity index is 561. The molecule has 0 spiro atoms. The molecule has 0 fully saturated rings. The number of aromatic nitrogens is 1. The van der Waals surface area contributed by atoms with E-state index in [9.17, 15) is 0 Å². The summed E-state index contributed by atoms with van der Waals surface area (Å²) in [7, 11) is 0. The van der Waals surface area contributed by atoms with Crippen LogP contribution in [0.5, 0.6) is 0 Å². The summed E-state index contributed by atoms with van der Waals surface area (Å²) in [6.07, 6.45) is 4.51. The van der Waals surface area contributed by atoms with E-state index in [0.717, 1.165) is 18.7 Å². The Morgan fingerprint density at radius 3 is 2.89 bits per heavy atom. The molecule has 1 aromatic heterocycles. The van der Waals surface area contributed by atoms with Crippen molar-refractivity contribution in [2.45, 2.75) is 6.42 Å². The SMILES string of the molecule is N#Cc1ccc(NCCc2cccnc2)cc1Cl. The predicted octanol–water partition coefficient (Wildman–Crippen LogP) is 3.26. The third-order valence-corrected chi connectivity index (χ3v) is 2.87. The summed E-state index contributed by atoms with van der Waals surface area (Å²) in [4.78, 5) is 4.06. The number of hydrogen-bond acceptors (Lipinski definition) is 3. The molecular weight excluding hydrogens is 246 g/mol. The summed E-state index contributed by atoms with van der Waals surface area (Å²) in [5.41, 5.74) is 2.60. The van der Waals surface area contributed by atoms with Gasteiger partial charge in [-0.15, -0.1) is 0 Å². The number of nitriles is 1. The number of halogens is 1. The maximum Gasteiger partial charge on any atom is 0.101 e. The quantitative estimate of drug-likeness (QED) is 0.915. The summed E-state index contributed by atoms with van der Waals surface area (Å²) in [5, 5.41) is 12.5. The molecule has 2 aromatic rings. The number of nitrogens with one attached hydrogen (secondary N) is 1. The van der Waals surface area contributed by atoms with Gasteiger partial charge in [0.25, 0.3) is 0 Å². The predicted molar refractivity (Wildman–Crippen MR) is 72.6 cm³/mol. The fourth-order valence-corrected chi connectivity index (χ4v) is 1.84. The molecule has 0 unspecified atom stereocenters. The molecule has 1 heterocycles. The summed E-state index contributed by atoms with van der Waals surface area (Å²) in [6.45, 7) is 0.800. The van der Waals surface area contributed by atoms with E-state index in [4.69, 9.17) is 16.9 Å². The fraction of sp³-hybridized carbons (Fsp3) is 0.143. The molecule has 1 N–H and O–H groups in total. The van der Waals surface area contributed by atoms with Crippen molar-refractivity contribution < 1.29 is 0 Å². The van der Waals surface area contributed by atoms with Gasteiger partial charge in [-0.1, -0.05) is 17.7 Å². The van der Waals surface area contributed by atoms with Crippen LogP contribution in [-0.2, 0) is 6.42 Å². The van der Waals surface area contributed by atoms with Crippen molar-refractivity contribution in [3.8, 4) is 6.07 Å². The van der Waals surface area contributed by atoms with Gasteiger partial charge in [0.1, 0.15) is 6.07 Å². The second-order valence-corrected chi connectivity index (χ2v) is 4.25. The lowest BCUT2D eigenvalue weighted by molar-refractivity contribution is 1.01. The first-order chi connectivity index (χ1) is 8.79. The van der Waals surface area contributed by atoms with Crippen LogP contribution in [0.1, 0.15) is 11.1 Å². The molecule has 90 valence electrons. The average molecular weight is 258 g/mol. The first-order valence-corrected chi connectivity index (χ1v) is 6.00. The largest absolute Gasteiger partial charge is 0.385 e. The number of nitrogens with zero attached hydrogens (tertiary/aromatic N) is 2. The molecule has 0 saturated heterocycles. The van der Waals surface area contributed by atoms with Gasteiger partial charge in [0.05, 0.1) is 10.6 Å². The average Bonchev–Trinajstić information content (AvgIpc) is 2.40. The smallest absolute Gasteiger partial charge is 0.101 e. The van der Waals surface area contributed by atoms with E-state index >= 15 is 0 Å². The van der Waals surface area contributed by atoms with Crippen molar-refractivity contribution in [1.82, 2.24) is 4.98 Å². The zero-order valence-electron chi connectivity index (χ0n) is 9.73. The number of benzene rings is 1. The van der Waals surface area contributed by atoms with Gasteiger partial charge in [-0.3, -0.25) is 4.98 Å². The van der Waals surface area contributed by atoms with Gasteiger partial charge in [0.15, 0.2) is 0 Å². The molecule has 18 heavy (non-hydrogen) atoms. The van der Waals surface area contributed by atoms with Crippen LogP contribution in [0.4, 0.5) is 5.69 Å². The third-order valence-electron chi connectivity index (χ3n) is 2.56. The third kappa shape index (κ3) is 3.22. The Morgan fingerprint density at radius 2 is 2.22 bits per heavy atom. The minimum absolute atomic E-state index is 0.476. The summed E-state index contributed by atoms with van der Waals surface area (Å²) >= 11 is 5.95. The van der Waals surface area contributed by atoms with E-state index in [1.807, 2.05) is 30.5 Å². The van der Waals surface area contributed by atoms with Crippen LogP contribution < -0.4 is 5.32 Å². The van der Waals surface area contributed by atoms with Crippen LogP contribution in [0.3, 0.4) is 0 Å². The molecule has 0 saturated carbocycles. The maximum absolute atomic E-state index is 8.77. The summed E-state index contributed by atoms with van der Waals surface area (Å²) in [5.74, 6) is 0. The highest BCUT2D eigenvalue weighted by Gasteiger charge is 2.00. The maximum atomic E-state index is 8.77. The van der Waals surface area contributed by atoms with E-state index in [0.29, 0.717) is 10.6 Å². The van der Waals surface area contributed by atoms with Crippen molar-refractivity contribution >= 4 is 17.3 Å². The molecule has 0 aliphatic rings. The molecule has 0 aliphatic heterocycles. The van der Waals surface area contributed by atoms with Crippen LogP contribution in [-0.4, -0.2) is 11.5 Å². The molecule has 3 nitrogen and oxygen atoms in total. The van der Waals surface area contributed by atoms with Crippen LogP contribution in [0, 0.1) is 11.3 Å². The van der Waals surface area contributed by atoms with Gasteiger partial charge in [-0.25, -0.2) is 0 Å². The zero-order chi connectivity index (χ0) is 12.8. The second-order valence-electron chi connectivity index (χ2n) is 3.84. The molecule has 0 aliphatic carbocycles. The number of rotatable bonds is 4. The van der Waals surface area contributed by atoms with Gasteiger partial charge in [0.2, 0.25) is 0 Å². The molecule has 4 heteroatoms. The summed E-state index contributed by atoms with van der Waals surface area (Å²) < 4.78 is 0. The molecule has 0 amide bonds. The lowest BCUT2D eigenvalue weighted by Gasteiger charge is -2.07. The second kappa shape index (κ2) is 6.04. The van der Waals surface area contributed by atoms with Crippen LogP contribution in [0.15, 0.2) is 42.7 Å². The van der Waals surface area contributed by atoms with Crippen molar-refractivity contribution in [2.24, 2.45) is 0 Å². The molecule has 1 aromatic carbocycles. The van der Waals surface area contributed by atoms with Crippen LogP contribution >= 0.6 is 11.6 Å². The van der Waals surface area contributed by atoms with E-state index in [1.54, 1.807) is 18.3 Å². The Labute approximate surface area is 111 Å². The normalized spacial score (nSPS) is 9.78. The van der Waals surface area contributed by atoms with E-state index in [-0.39, 0.29) is 0 Å². The number of anilines is 1. The van der Waals surface area contributed by atoms with Crippen LogP contribution in [0.2, 0.25) is 5.02 Å². The van der Waals surface area contributed by atoms with Crippen LogP contribution in [0.25, 0.3) is 0 Å². The van der Waals surface area contributed by atoms with Gasteiger partial charge >= 0.3 is 0 Å². The number of pyridine rings is 1. The van der Waals surface area contributed by atoms with Gasteiger partial charge in [-0.05, 0) is 36.2 Å². The molecule has 0 bridgehead atoms. The van der Waals surface area contributed by atoms with E-state index < -0.39 is 0 Å². The minimum Gasteiger partial charge on any atom is -0.385 e. The van der Waals surface area contributed by atoms with Gasteiger partial charge in [-0.2, -0.15) is 5.26 Å². The minimum atomic E-state index is 0.476. The highest BCUT2D eigenvalue weighted by molar-refractivity contribution is 6.32. The topological polar surface area (TPSA) is 48.7 Å². The van der Waals surface area contributed by atoms with Gasteiger partial charge in [0, 0.05) is 24.6 Å². The van der Waals surface area contributed by atoms with E-state index in [1.165, 1.54) is 5.56 Å². The Morgan fingerprint density at radius 1 is 1.33 bits per heavy atom. The van der Waals surface area contributed by atoms with Gasteiger partial charge < -0.3 is 5.32 Å².